The first kappa shape index (κ1) is 12.9. The third kappa shape index (κ3) is 3.79. The maximum Gasteiger partial charge on any atom is 0.260 e. The summed E-state index contributed by atoms with van der Waals surface area (Å²) >= 11 is 0. The Morgan fingerprint density at radius 3 is 2.50 bits per heavy atom. The van der Waals surface area contributed by atoms with Gasteiger partial charge in [-0.15, -0.1) is 0 Å². The number of amides is 2. The zero-order chi connectivity index (χ0) is 12.0. The van der Waals surface area contributed by atoms with Gasteiger partial charge < -0.3 is 10.6 Å². The van der Waals surface area contributed by atoms with Crippen LogP contribution in [0.25, 0.3) is 0 Å². The topological polar surface area (TPSA) is 95.7 Å². The molecule has 1 rings (SSSR count). The van der Waals surface area contributed by atoms with Crippen LogP contribution in [-0.4, -0.2) is 41.1 Å². The van der Waals surface area contributed by atoms with Gasteiger partial charge in [0.25, 0.3) is 5.91 Å². The Morgan fingerprint density at radius 2 is 1.94 bits per heavy atom. The molecule has 1 aliphatic rings. The van der Waals surface area contributed by atoms with Crippen LogP contribution in [-0.2, 0) is 9.59 Å². The van der Waals surface area contributed by atoms with Crippen LogP contribution in [0.4, 0.5) is 0 Å². The highest BCUT2D eigenvalue weighted by atomic mass is 16.5. The minimum atomic E-state index is -0.821. The highest BCUT2D eigenvalue weighted by molar-refractivity contribution is 5.82. The number of hydrogen-bond donors (Lipinski definition) is 3. The van der Waals surface area contributed by atoms with E-state index in [0.717, 1.165) is 25.9 Å². The van der Waals surface area contributed by atoms with E-state index in [2.05, 4.69) is 0 Å². The second-order valence-electron chi connectivity index (χ2n) is 4.06. The Kier molecular flexibility index (Phi) is 5.21. The number of rotatable bonds is 4. The van der Waals surface area contributed by atoms with E-state index in [4.69, 9.17) is 10.9 Å². The molecule has 0 spiro atoms. The highest BCUT2D eigenvalue weighted by Gasteiger charge is 2.19. The fourth-order valence-corrected chi connectivity index (χ4v) is 1.79. The summed E-state index contributed by atoms with van der Waals surface area (Å²) in [4.78, 5) is 24.4. The van der Waals surface area contributed by atoms with Crippen LogP contribution in [0, 0.1) is 0 Å². The van der Waals surface area contributed by atoms with Crippen LogP contribution in [0.1, 0.15) is 32.1 Å². The number of carbonyl (C=O) groups is 2. The predicted molar refractivity (Wildman–Crippen MR) is 57.6 cm³/mol. The first-order valence-corrected chi connectivity index (χ1v) is 5.62. The summed E-state index contributed by atoms with van der Waals surface area (Å²) < 4.78 is 0. The Labute approximate surface area is 94.7 Å². The molecule has 1 atom stereocenters. The van der Waals surface area contributed by atoms with E-state index in [0.29, 0.717) is 0 Å². The average Bonchev–Trinajstić information content (AvgIpc) is 2.35. The number of nitrogens with zero attached hydrogens (tertiary/aromatic N) is 1. The number of nitrogens with two attached hydrogens (primary N) is 1. The molecule has 2 amide bonds. The van der Waals surface area contributed by atoms with Crippen LogP contribution in [0.5, 0.6) is 0 Å². The van der Waals surface area contributed by atoms with Gasteiger partial charge in [0.05, 0.1) is 6.04 Å². The van der Waals surface area contributed by atoms with Crippen molar-refractivity contribution >= 4 is 11.8 Å². The lowest BCUT2D eigenvalue weighted by atomic mass is 10.1. The number of hydrogen-bond acceptors (Lipinski definition) is 4. The lowest BCUT2D eigenvalue weighted by Gasteiger charge is -2.27. The van der Waals surface area contributed by atoms with Crippen LogP contribution in [0.2, 0.25) is 0 Å². The molecule has 0 aromatic rings. The van der Waals surface area contributed by atoms with Gasteiger partial charge in [-0.2, -0.15) is 0 Å². The summed E-state index contributed by atoms with van der Waals surface area (Å²) in [5.74, 6) is -0.604. The van der Waals surface area contributed by atoms with Crippen molar-refractivity contribution in [3.63, 3.8) is 0 Å². The molecule has 0 aromatic carbocycles. The third-order valence-electron chi connectivity index (χ3n) is 2.82. The molecule has 16 heavy (non-hydrogen) atoms. The molecule has 6 heteroatoms. The van der Waals surface area contributed by atoms with Gasteiger partial charge in [-0.3, -0.25) is 14.8 Å². The summed E-state index contributed by atoms with van der Waals surface area (Å²) in [7, 11) is 0. The van der Waals surface area contributed by atoms with Gasteiger partial charge in [-0.1, -0.05) is 0 Å². The lowest BCUT2D eigenvalue weighted by molar-refractivity contribution is -0.133. The van der Waals surface area contributed by atoms with Crippen molar-refractivity contribution in [2.24, 2.45) is 5.73 Å². The molecule has 1 fully saturated rings. The van der Waals surface area contributed by atoms with Crippen molar-refractivity contribution in [1.29, 1.82) is 0 Å². The normalized spacial score (nSPS) is 18.0. The summed E-state index contributed by atoms with van der Waals surface area (Å²) in [5.41, 5.74) is 6.94. The van der Waals surface area contributed by atoms with Gasteiger partial charge in [-0.05, 0) is 25.7 Å². The zero-order valence-corrected chi connectivity index (χ0v) is 9.32. The summed E-state index contributed by atoms with van der Waals surface area (Å²) in [5, 5.41) is 8.34. The first-order valence-electron chi connectivity index (χ1n) is 5.62. The maximum absolute atomic E-state index is 11.7. The molecule has 1 saturated heterocycles. The maximum atomic E-state index is 11.7. The molecule has 0 aromatic heterocycles. The predicted octanol–water partition coefficient (Wildman–Crippen LogP) is -0.388. The van der Waals surface area contributed by atoms with Crippen LogP contribution in [0.3, 0.4) is 0 Å². The van der Waals surface area contributed by atoms with Crippen molar-refractivity contribution in [2.45, 2.75) is 38.1 Å². The fourth-order valence-electron chi connectivity index (χ4n) is 1.79. The molecule has 92 valence electrons. The van der Waals surface area contributed by atoms with Gasteiger partial charge in [0.2, 0.25) is 5.91 Å². The van der Waals surface area contributed by atoms with E-state index < -0.39 is 11.9 Å². The molecule has 6 nitrogen and oxygen atoms in total. The van der Waals surface area contributed by atoms with Crippen molar-refractivity contribution < 1.29 is 14.8 Å². The Hall–Kier alpha value is -1.14. The van der Waals surface area contributed by atoms with E-state index in [1.807, 2.05) is 4.90 Å². The fraction of sp³-hybridized carbons (Fsp3) is 0.800. The molecule has 1 unspecified atom stereocenters. The Morgan fingerprint density at radius 1 is 1.31 bits per heavy atom. The first-order chi connectivity index (χ1) is 7.65. The largest absolute Gasteiger partial charge is 0.343 e. The third-order valence-corrected chi connectivity index (χ3v) is 2.82. The van der Waals surface area contributed by atoms with Crippen LogP contribution in [0.15, 0.2) is 0 Å². The molecule has 0 aliphatic carbocycles. The molecular formula is C10H19N3O3. The van der Waals surface area contributed by atoms with Gasteiger partial charge in [0.1, 0.15) is 0 Å². The highest BCUT2D eigenvalue weighted by Crippen LogP contribution is 2.11. The second-order valence-corrected chi connectivity index (χ2v) is 4.06. The van der Waals surface area contributed by atoms with E-state index in [1.54, 1.807) is 0 Å². The molecule has 0 saturated carbocycles. The summed E-state index contributed by atoms with van der Waals surface area (Å²) in [6.45, 7) is 1.61. The van der Waals surface area contributed by atoms with E-state index in [9.17, 15) is 9.59 Å². The second kappa shape index (κ2) is 6.44. The molecule has 4 N–H and O–H groups in total. The molecule has 1 aliphatic heterocycles. The molecule has 0 bridgehead atoms. The SMILES string of the molecule is NC(CCC(=O)N1CCCCC1)C(=O)NO. The minimum absolute atomic E-state index is 0.0425. The van der Waals surface area contributed by atoms with Gasteiger partial charge in [-0.25, -0.2) is 5.48 Å². The van der Waals surface area contributed by atoms with Crippen molar-refractivity contribution in [3.8, 4) is 0 Å². The van der Waals surface area contributed by atoms with Crippen LogP contribution < -0.4 is 11.2 Å². The van der Waals surface area contributed by atoms with E-state index in [-0.39, 0.29) is 18.7 Å². The van der Waals surface area contributed by atoms with Gasteiger partial charge in [0, 0.05) is 19.5 Å². The number of nitrogens with one attached hydrogen (secondary N) is 1. The monoisotopic (exact) mass is 229 g/mol. The minimum Gasteiger partial charge on any atom is -0.343 e. The standard InChI is InChI=1S/C10H19N3O3/c11-8(10(15)12-16)4-5-9(14)13-6-2-1-3-7-13/h8,16H,1-7,11H2,(H,12,15). The number of likely N-dealkylation sites (tertiary alicyclic amines) is 1. The zero-order valence-electron chi connectivity index (χ0n) is 9.32. The average molecular weight is 229 g/mol. The van der Waals surface area contributed by atoms with Gasteiger partial charge >= 0.3 is 0 Å². The van der Waals surface area contributed by atoms with Crippen molar-refractivity contribution in [3.05, 3.63) is 0 Å². The quantitative estimate of drug-likeness (QED) is 0.452. The summed E-state index contributed by atoms with van der Waals surface area (Å²) in [6, 6.07) is -0.821. The Bertz CT molecular complexity index is 252. The lowest BCUT2D eigenvalue weighted by Crippen LogP contribution is -2.41. The Balaban J connectivity index is 2.26. The van der Waals surface area contributed by atoms with Gasteiger partial charge in [0.15, 0.2) is 0 Å². The summed E-state index contributed by atoms with van der Waals surface area (Å²) in [6.07, 6.45) is 3.80. The van der Waals surface area contributed by atoms with Crippen molar-refractivity contribution in [1.82, 2.24) is 10.4 Å². The van der Waals surface area contributed by atoms with E-state index >= 15 is 0 Å². The molecule has 0 radical (unpaired) electrons. The van der Waals surface area contributed by atoms with Crippen molar-refractivity contribution in [2.75, 3.05) is 13.1 Å². The molecule has 1 heterocycles. The molecular weight excluding hydrogens is 210 g/mol. The number of carbonyl (C=O) groups excluding carboxylic acids is 2. The number of piperidine rings is 1. The number of hydroxylamine groups is 1. The van der Waals surface area contributed by atoms with E-state index in [1.165, 1.54) is 11.9 Å². The van der Waals surface area contributed by atoms with Crippen LogP contribution >= 0.6 is 0 Å². The smallest absolute Gasteiger partial charge is 0.260 e.